The summed E-state index contributed by atoms with van der Waals surface area (Å²) in [5, 5.41) is 7.66. The molecule has 0 bridgehead atoms. The van der Waals surface area contributed by atoms with Crippen molar-refractivity contribution in [3.05, 3.63) is 65.3 Å². The van der Waals surface area contributed by atoms with E-state index in [9.17, 15) is 8.42 Å². The highest BCUT2D eigenvalue weighted by molar-refractivity contribution is 7.98. The molecule has 2 aromatic carbocycles. The molecule has 4 aromatic rings. The highest BCUT2D eigenvalue weighted by Gasteiger charge is 2.21. The molecular weight excluding hydrogens is 420 g/mol. The molecule has 0 atom stereocenters. The number of thioether (sulfide) groups is 1. The number of nitrogen functional groups attached to an aromatic ring is 1. The van der Waals surface area contributed by atoms with Crippen LogP contribution < -0.4 is 10.5 Å². The Morgan fingerprint density at radius 2 is 2.00 bits per heavy atom. The molecular formula is C18H15ClN4O3S2. The van der Waals surface area contributed by atoms with Gasteiger partial charge in [0.2, 0.25) is 5.09 Å². The van der Waals surface area contributed by atoms with E-state index in [1.54, 1.807) is 42.5 Å². The van der Waals surface area contributed by atoms with Gasteiger partial charge in [0.25, 0.3) is 10.0 Å². The molecule has 0 aliphatic carbocycles. The van der Waals surface area contributed by atoms with Crippen LogP contribution in [0.5, 0.6) is 0 Å². The number of aromatic amines is 1. The van der Waals surface area contributed by atoms with Crippen LogP contribution in [0.25, 0.3) is 11.0 Å². The lowest BCUT2D eigenvalue weighted by molar-refractivity contribution is 0.484. The Labute approximate surface area is 170 Å². The number of para-hydroxylation sites is 1. The van der Waals surface area contributed by atoms with Gasteiger partial charge in [-0.2, -0.15) is 13.5 Å². The van der Waals surface area contributed by atoms with E-state index in [1.165, 1.54) is 17.8 Å². The molecule has 0 unspecified atom stereocenters. The standard InChI is InChI=1S/C18H15ClN4O3S2/c19-12-5-6-16(27-10-13-9-17(20)22-21-13)14(8-12)23-28(24,25)18-7-11-3-1-2-4-15(11)26-18/h1-9,23H,10H2,(H3,20,21,22). The molecule has 144 valence electrons. The lowest BCUT2D eigenvalue weighted by Gasteiger charge is -2.11. The van der Waals surface area contributed by atoms with Gasteiger partial charge in [-0.05, 0) is 24.3 Å². The topological polar surface area (TPSA) is 114 Å². The second kappa shape index (κ2) is 7.42. The number of furan rings is 1. The zero-order valence-electron chi connectivity index (χ0n) is 14.3. The highest BCUT2D eigenvalue weighted by Crippen LogP contribution is 2.34. The summed E-state index contributed by atoms with van der Waals surface area (Å²) >= 11 is 7.50. The summed E-state index contributed by atoms with van der Waals surface area (Å²) in [5.41, 5.74) is 7.30. The van der Waals surface area contributed by atoms with Gasteiger partial charge in [0.1, 0.15) is 11.4 Å². The van der Waals surface area contributed by atoms with E-state index < -0.39 is 10.0 Å². The van der Waals surface area contributed by atoms with E-state index in [1.807, 2.05) is 6.07 Å². The van der Waals surface area contributed by atoms with Gasteiger partial charge in [-0.1, -0.05) is 29.8 Å². The first-order valence-electron chi connectivity index (χ1n) is 8.14. The van der Waals surface area contributed by atoms with Gasteiger partial charge in [-0.25, -0.2) is 0 Å². The van der Waals surface area contributed by atoms with Gasteiger partial charge in [-0.3, -0.25) is 9.82 Å². The monoisotopic (exact) mass is 434 g/mol. The Morgan fingerprint density at radius 1 is 1.18 bits per heavy atom. The molecule has 2 heterocycles. The van der Waals surface area contributed by atoms with Crippen molar-refractivity contribution < 1.29 is 12.8 Å². The molecule has 0 aliphatic heterocycles. The zero-order valence-corrected chi connectivity index (χ0v) is 16.7. The molecule has 0 amide bonds. The number of anilines is 2. The first-order valence-corrected chi connectivity index (χ1v) is 11.0. The van der Waals surface area contributed by atoms with Crippen molar-refractivity contribution in [3.8, 4) is 0 Å². The Morgan fingerprint density at radius 3 is 2.75 bits per heavy atom. The van der Waals surface area contributed by atoms with Crippen molar-refractivity contribution in [2.75, 3.05) is 10.5 Å². The second-order valence-electron chi connectivity index (χ2n) is 5.96. The summed E-state index contributed by atoms with van der Waals surface area (Å²) in [6.45, 7) is 0. The fraction of sp³-hybridized carbons (Fsp3) is 0.0556. The largest absolute Gasteiger partial charge is 0.443 e. The number of aromatic nitrogens is 2. The zero-order chi connectivity index (χ0) is 19.7. The lowest BCUT2D eigenvalue weighted by Crippen LogP contribution is -2.12. The van der Waals surface area contributed by atoms with Gasteiger partial charge < -0.3 is 10.2 Å². The predicted octanol–water partition coefficient (Wildman–Crippen LogP) is 4.48. The van der Waals surface area contributed by atoms with Crippen LogP contribution in [-0.2, 0) is 15.8 Å². The maximum absolute atomic E-state index is 12.8. The lowest BCUT2D eigenvalue weighted by atomic mass is 10.3. The SMILES string of the molecule is Nc1cc(CSc2ccc(Cl)cc2NS(=O)(=O)c2cc3ccccc3o2)[nH]n1. The number of halogens is 1. The molecule has 0 saturated carbocycles. The summed E-state index contributed by atoms with van der Waals surface area (Å²) in [5.74, 6) is 0.933. The maximum atomic E-state index is 12.8. The first kappa shape index (κ1) is 18.7. The van der Waals surface area contributed by atoms with Gasteiger partial charge in [-0.15, -0.1) is 11.8 Å². The molecule has 0 spiro atoms. The van der Waals surface area contributed by atoms with E-state index in [-0.39, 0.29) is 5.09 Å². The average molecular weight is 435 g/mol. The third-order valence-electron chi connectivity index (χ3n) is 3.89. The quantitative estimate of drug-likeness (QED) is 0.385. The Balaban J connectivity index is 1.61. The molecule has 0 fully saturated rings. The minimum Gasteiger partial charge on any atom is -0.443 e. The van der Waals surface area contributed by atoms with Gasteiger partial charge in [0.05, 0.1) is 5.69 Å². The maximum Gasteiger partial charge on any atom is 0.295 e. The summed E-state index contributed by atoms with van der Waals surface area (Å²) in [6, 6.07) is 15.3. The van der Waals surface area contributed by atoms with Crippen molar-refractivity contribution in [2.24, 2.45) is 0 Å². The number of nitrogens with zero attached hydrogens (tertiary/aromatic N) is 1. The highest BCUT2D eigenvalue weighted by atomic mass is 35.5. The van der Waals surface area contributed by atoms with Crippen LogP contribution in [0.15, 0.2) is 69.0 Å². The molecule has 0 aliphatic rings. The minimum atomic E-state index is -3.92. The normalized spacial score (nSPS) is 11.8. The van der Waals surface area contributed by atoms with Crippen LogP contribution in [0.4, 0.5) is 11.5 Å². The number of rotatable bonds is 6. The smallest absolute Gasteiger partial charge is 0.295 e. The fourth-order valence-corrected chi connectivity index (χ4v) is 4.77. The number of nitrogens with one attached hydrogen (secondary N) is 2. The number of benzene rings is 2. The summed E-state index contributed by atoms with van der Waals surface area (Å²) in [4.78, 5) is 0.706. The summed E-state index contributed by atoms with van der Waals surface area (Å²) in [7, 11) is -3.92. The first-order chi connectivity index (χ1) is 13.4. The van der Waals surface area contributed by atoms with E-state index in [0.717, 1.165) is 5.69 Å². The minimum absolute atomic E-state index is 0.161. The van der Waals surface area contributed by atoms with Crippen molar-refractivity contribution in [2.45, 2.75) is 15.7 Å². The number of hydrogen-bond acceptors (Lipinski definition) is 6. The molecule has 4 N–H and O–H groups in total. The third-order valence-corrected chi connectivity index (χ3v) is 6.46. The van der Waals surface area contributed by atoms with Crippen LogP contribution >= 0.6 is 23.4 Å². The number of fused-ring (bicyclic) bond motifs is 1. The Hall–Kier alpha value is -2.62. The third kappa shape index (κ3) is 3.96. The molecule has 0 radical (unpaired) electrons. The number of hydrogen-bond donors (Lipinski definition) is 3. The van der Waals surface area contributed by atoms with Crippen molar-refractivity contribution in [1.82, 2.24) is 10.2 Å². The molecule has 10 heteroatoms. The van der Waals surface area contributed by atoms with Crippen LogP contribution in [0.1, 0.15) is 5.69 Å². The van der Waals surface area contributed by atoms with Gasteiger partial charge in [0, 0.05) is 38.9 Å². The van der Waals surface area contributed by atoms with Crippen molar-refractivity contribution in [3.63, 3.8) is 0 Å². The summed E-state index contributed by atoms with van der Waals surface area (Å²) < 4.78 is 33.7. The molecule has 4 rings (SSSR count). The van der Waals surface area contributed by atoms with Gasteiger partial charge >= 0.3 is 0 Å². The van der Waals surface area contributed by atoms with Gasteiger partial charge in [0.15, 0.2) is 0 Å². The Bertz CT molecular complexity index is 1220. The van der Waals surface area contributed by atoms with Crippen LogP contribution in [-0.4, -0.2) is 18.6 Å². The van der Waals surface area contributed by atoms with E-state index in [2.05, 4.69) is 14.9 Å². The molecule has 2 aromatic heterocycles. The number of nitrogens with two attached hydrogens (primary N) is 1. The van der Waals surface area contributed by atoms with E-state index in [4.69, 9.17) is 21.8 Å². The van der Waals surface area contributed by atoms with Crippen molar-refractivity contribution in [1.29, 1.82) is 0 Å². The average Bonchev–Trinajstić information content (AvgIpc) is 3.27. The second-order valence-corrected chi connectivity index (χ2v) is 9.02. The Kier molecular flexibility index (Phi) is 4.96. The number of sulfonamides is 1. The van der Waals surface area contributed by atoms with E-state index >= 15 is 0 Å². The van der Waals surface area contributed by atoms with Crippen LogP contribution in [0.3, 0.4) is 0 Å². The van der Waals surface area contributed by atoms with Crippen LogP contribution in [0, 0.1) is 0 Å². The predicted molar refractivity (Wildman–Crippen MR) is 111 cm³/mol. The fourth-order valence-electron chi connectivity index (χ4n) is 2.60. The molecule has 7 nitrogen and oxygen atoms in total. The van der Waals surface area contributed by atoms with Crippen molar-refractivity contribution >= 4 is 55.9 Å². The number of H-pyrrole nitrogens is 1. The molecule has 0 saturated heterocycles. The molecule has 28 heavy (non-hydrogen) atoms. The van der Waals surface area contributed by atoms with E-state index in [0.29, 0.717) is 38.1 Å². The van der Waals surface area contributed by atoms with Crippen LogP contribution in [0.2, 0.25) is 5.02 Å². The summed E-state index contributed by atoms with van der Waals surface area (Å²) in [6.07, 6.45) is 0.